The van der Waals surface area contributed by atoms with Crippen LogP contribution in [0.2, 0.25) is 5.02 Å². The lowest BCUT2D eigenvalue weighted by Crippen LogP contribution is -2.46. The highest BCUT2D eigenvalue weighted by molar-refractivity contribution is 6.32. The van der Waals surface area contributed by atoms with Gasteiger partial charge in [0, 0.05) is 17.3 Å². The van der Waals surface area contributed by atoms with Crippen LogP contribution in [0.4, 0.5) is 0 Å². The van der Waals surface area contributed by atoms with E-state index in [1.807, 2.05) is 22.8 Å². The molecule has 4 nitrogen and oxygen atoms in total. The summed E-state index contributed by atoms with van der Waals surface area (Å²) in [6, 6.07) is 12.5. The highest BCUT2D eigenvalue weighted by Crippen LogP contribution is 2.40. The van der Waals surface area contributed by atoms with Crippen molar-refractivity contribution in [2.75, 3.05) is 13.1 Å². The van der Waals surface area contributed by atoms with Crippen LogP contribution in [-0.2, 0) is 0 Å². The fraction of sp³-hybridized carbons (Fsp3) is 0.375. The van der Waals surface area contributed by atoms with Gasteiger partial charge in [-0.25, -0.2) is 4.79 Å². The molecule has 0 bridgehead atoms. The quantitative estimate of drug-likeness (QED) is 0.632. The number of nitrogens with zero attached hydrogens (tertiary/aromatic N) is 2. The van der Waals surface area contributed by atoms with Gasteiger partial charge in [0.25, 0.3) is 0 Å². The maximum absolute atomic E-state index is 13.2. The fourth-order valence-electron chi connectivity index (χ4n) is 5.02. The maximum atomic E-state index is 13.2. The summed E-state index contributed by atoms with van der Waals surface area (Å²) < 4.78 is 1.93. The van der Waals surface area contributed by atoms with Crippen LogP contribution in [0.1, 0.15) is 42.4 Å². The molecule has 0 radical (unpaired) electrons. The Kier molecular flexibility index (Phi) is 4.64. The molecule has 0 amide bonds. The van der Waals surface area contributed by atoms with Crippen molar-refractivity contribution in [1.82, 2.24) is 14.5 Å². The molecular weight excluding hydrogens is 382 g/mol. The number of aryl methyl sites for hydroxylation is 2. The average Bonchev–Trinajstić information content (AvgIpc) is 3.02. The van der Waals surface area contributed by atoms with Crippen LogP contribution in [0.15, 0.2) is 41.2 Å². The van der Waals surface area contributed by atoms with E-state index in [0.717, 1.165) is 53.2 Å². The van der Waals surface area contributed by atoms with Gasteiger partial charge in [-0.2, -0.15) is 0 Å². The smallest absolute Gasteiger partial charge is 0.305 e. The van der Waals surface area contributed by atoms with Crippen LogP contribution in [0, 0.1) is 13.8 Å². The van der Waals surface area contributed by atoms with Crippen molar-refractivity contribution < 1.29 is 0 Å². The number of aromatic nitrogens is 2. The third-order valence-electron chi connectivity index (χ3n) is 6.63. The molecule has 1 fully saturated rings. The monoisotopic (exact) mass is 407 g/mol. The lowest BCUT2D eigenvalue weighted by Gasteiger charge is -2.42. The summed E-state index contributed by atoms with van der Waals surface area (Å²) in [5.41, 5.74) is 7.57. The Bertz CT molecular complexity index is 1190. The van der Waals surface area contributed by atoms with Crippen molar-refractivity contribution in [3.63, 3.8) is 0 Å². The van der Waals surface area contributed by atoms with Gasteiger partial charge in [-0.1, -0.05) is 36.2 Å². The molecule has 2 aliphatic heterocycles. The van der Waals surface area contributed by atoms with Gasteiger partial charge in [0.15, 0.2) is 0 Å². The second-order valence-corrected chi connectivity index (χ2v) is 8.77. The predicted molar refractivity (Wildman–Crippen MR) is 120 cm³/mol. The third-order valence-corrected chi connectivity index (χ3v) is 6.95. The average molecular weight is 408 g/mol. The van der Waals surface area contributed by atoms with E-state index in [1.165, 1.54) is 29.5 Å². The number of piperidine rings is 1. The number of rotatable bonds is 2. The van der Waals surface area contributed by atoms with Gasteiger partial charge >= 0.3 is 5.69 Å². The van der Waals surface area contributed by atoms with Crippen molar-refractivity contribution in [1.29, 1.82) is 0 Å². The van der Waals surface area contributed by atoms with Crippen LogP contribution < -0.4 is 5.69 Å². The zero-order valence-corrected chi connectivity index (χ0v) is 17.7. The molecule has 1 aromatic heterocycles. The minimum Gasteiger partial charge on any atom is -0.305 e. The van der Waals surface area contributed by atoms with Gasteiger partial charge in [0.1, 0.15) is 0 Å². The van der Waals surface area contributed by atoms with E-state index < -0.39 is 0 Å². The number of halogens is 1. The van der Waals surface area contributed by atoms with Crippen LogP contribution in [0.25, 0.3) is 22.3 Å². The summed E-state index contributed by atoms with van der Waals surface area (Å²) in [6.07, 6.45) is 4.40. The second kappa shape index (κ2) is 7.19. The lowest BCUT2D eigenvalue weighted by atomic mass is 9.87. The molecule has 0 spiro atoms. The topological polar surface area (TPSA) is 41.0 Å². The van der Waals surface area contributed by atoms with Gasteiger partial charge in [-0.15, -0.1) is 0 Å². The summed E-state index contributed by atoms with van der Waals surface area (Å²) in [6.45, 7) is 6.30. The Hall–Kier alpha value is -2.30. The summed E-state index contributed by atoms with van der Waals surface area (Å²) in [5, 5.41) is 0.754. The first-order valence-electron chi connectivity index (χ1n) is 10.5. The largest absolute Gasteiger partial charge is 0.330 e. The van der Waals surface area contributed by atoms with E-state index >= 15 is 0 Å². The molecule has 0 saturated carbocycles. The maximum Gasteiger partial charge on any atom is 0.330 e. The standard InChI is InChI=1S/C24H26ClN3O/c1-15-13-20-22(14-16(15)2)28(24(29)26-20)23-18(17-7-3-4-8-19(17)25)10-12-27-11-6-5-9-21(23)27/h3-4,7-8,13-14,21H,5-6,9-12H2,1-2H3,(H,26,29). The number of benzene rings is 2. The van der Waals surface area contributed by atoms with Gasteiger partial charge in [0.2, 0.25) is 0 Å². The molecule has 0 aliphatic carbocycles. The predicted octanol–water partition coefficient (Wildman–Crippen LogP) is 5.23. The first-order valence-corrected chi connectivity index (χ1v) is 10.9. The molecule has 29 heavy (non-hydrogen) atoms. The van der Waals surface area contributed by atoms with Gasteiger partial charge < -0.3 is 4.98 Å². The zero-order chi connectivity index (χ0) is 20.1. The van der Waals surface area contributed by atoms with Crippen molar-refractivity contribution in [3.05, 3.63) is 68.6 Å². The van der Waals surface area contributed by atoms with Crippen molar-refractivity contribution in [2.45, 2.75) is 45.6 Å². The molecule has 1 unspecified atom stereocenters. The minimum absolute atomic E-state index is 0.0584. The van der Waals surface area contributed by atoms with E-state index in [9.17, 15) is 4.79 Å². The molecule has 3 heterocycles. The highest BCUT2D eigenvalue weighted by Gasteiger charge is 2.35. The van der Waals surface area contributed by atoms with Gasteiger partial charge in [-0.05, 0) is 80.1 Å². The molecule has 1 atom stereocenters. The Labute approximate surface area is 175 Å². The summed E-state index contributed by atoms with van der Waals surface area (Å²) in [7, 11) is 0. The number of H-pyrrole nitrogens is 1. The van der Waals surface area contributed by atoms with Crippen LogP contribution in [-0.4, -0.2) is 33.6 Å². The normalized spacial score (nSPS) is 20.3. The molecular formula is C24H26ClN3O. The molecule has 1 N–H and O–H groups in total. The number of fused-ring (bicyclic) bond motifs is 2. The molecule has 2 aliphatic rings. The number of imidazole rings is 1. The Morgan fingerprint density at radius 3 is 2.69 bits per heavy atom. The molecule has 150 valence electrons. The molecule has 5 rings (SSSR count). The molecule has 3 aromatic rings. The number of hydrogen-bond acceptors (Lipinski definition) is 2. The van der Waals surface area contributed by atoms with E-state index in [-0.39, 0.29) is 11.7 Å². The van der Waals surface area contributed by atoms with Gasteiger partial charge in [0.05, 0.1) is 17.1 Å². The van der Waals surface area contributed by atoms with Crippen LogP contribution >= 0.6 is 11.6 Å². The summed E-state index contributed by atoms with van der Waals surface area (Å²) in [5.74, 6) is 0. The van der Waals surface area contributed by atoms with Crippen molar-refractivity contribution >= 4 is 33.9 Å². The number of nitrogens with one attached hydrogen (secondary N) is 1. The van der Waals surface area contributed by atoms with E-state index in [0.29, 0.717) is 0 Å². The second-order valence-electron chi connectivity index (χ2n) is 8.36. The Morgan fingerprint density at radius 1 is 1.07 bits per heavy atom. The van der Waals surface area contributed by atoms with Crippen LogP contribution in [0.5, 0.6) is 0 Å². The third kappa shape index (κ3) is 3.06. The first kappa shape index (κ1) is 18.7. The van der Waals surface area contributed by atoms with E-state index in [2.05, 4.69) is 41.9 Å². The van der Waals surface area contributed by atoms with Crippen molar-refractivity contribution in [2.24, 2.45) is 0 Å². The fourth-order valence-corrected chi connectivity index (χ4v) is 5.27. The summed E-state index contributed by atoms with van der Waals surface area (Å²) in [4.78, 5) is 18.9. The lowest BCUT2D eigenvalue weighted by molar-refractivity contribution is 0.180. The minimum atomic E-state index is -0.0584. The number of aromatic amines is 1. The van der Waals surface area contributed by atoms with E-state index in [1.54, 1.807) is 0 Å². The van der Waals surface area contributed by atoms with Crippen LogP contribution in [0.3, 0.4) is 0 Å². The highest BCUT2D eigenvalue weighted by atomic mass is 35.5. The first-order chi connectivity index (χ1) is 14.0. The Balaban J connectivity index is 1.83. The van der Waals surface area contributed by atoms with E-state index in [4.69, 9.17) is 11.6 Å². The van der Waals surface area contributed by atoms with Crippen molar-refractivity contribution in [3.8, 4) is 0 Å². The number of hydrogen-bond donors (Lipinski definition) is 1. The van der Waals surface area contributed by atoms with Gasteiger partial charge in [-0.3, -0.25) is 9.47 Å². The molecule has 2 aromatic carbocycles. The summed E-state index contributed by atoms with van der Waals surface area (Å²) >= 11 is 6.62. The SMILES string of the molecule is Cc1cc2[nH]c(=O)n(C3=C(c4ccccc4Cl)CCN4CCCCC34)c2cc1C. The zero-order valence-electron chi connectivity index (χ0n) is 17.0. The molecule has 5 heteroatoms. The molecule has 1 saturated heterocycles. The Morgan fingerprint density at radius 2 is 1.86 bits per heavy atom.